The molecule has 1 aliphatic heterocycles. The van der Waals surface area contributed by atoms with Gasteiger partial charge in [-0.2, -0.15) is 0 Å². The summed E-state index contributed by atoms with van der Waals surface area (Å²) in [4.78, 5) is 12.0. The molecule has 1 aromatic rings. The summed E-state index contributed by atoms with van der Waals surface area (Å²) < 4.78 is 1.87. The van der Waals surface area contributed by atoms with Crippen molar-refractivity contribution in [3.63, 3.8) is 0 Å². The van der Waals surface area contributed by atoms with Crippen molar-refractivity contribution in [2.45, 2.75) is 38.8 Å². The maximum Gasteiger partial charge on any atom is 0.267 e. The first-order valence-electron chi connectivity index (χ1n) is 6.58. The molecule has 1 amide bonds. The predicted molar refractivity (Wildman–Crippen MR) is 73.1 cm³/mol. The number of rotatable bonds is 5. The van der Waals surface area contributed by atoms with Gasteiger partial charge in [-0.25, -0.2) is 0 Å². The van der Waals surface area contributed by atoms with Gasteiger partial charge in [-0.05, 0) is 38.8 Å². The molecule has 0 aliphatic carbocycles. The van der Waals surface area contributed by atoms with Crippen molar-refractivity contribution in [3.8, 4) is 0 Å². The van der Waals surface area contributed by atoms with Crippen molar-refractivity contribution in [3.05, 3.63) is 23.0 Å². The fourth-order valence-electron chi connectivity index (χ4n) is 2.38. The van der Waals surface area contributed by atoms with E-state index in [-0.39, 0.29) is 5.91 Å². The van der Waals surface area contributed by atoms with E-state index in [9.17, 15) is 4.79 Å². The number of carbonyl (C=O) groups is 1. The summed E-state index contributed by atoms with van der Waals surface area (Å²) in [5.41, 5.74) is 0.641. The van der Waals surface area contributed by atoms with E-state index >= 15 is 0 Å². The fraction of sp³-hybridized carbons (Fsp3) is 0.615. The largest absolute Gasteiger partial charge is 0.351 e. The molecule has 0 spiro atoms. The minimum atomic E-state index is -0.0400. The Morgan fingerprint density at radius 1 is 1.67 bits per heavy atom. The zero-order valence-electron chi connectivity index (χ0n) is 10.7. The molecule has 0 radical (unpaired) electrons. The molecule has 1 aromatic heterocycles. The minimum Gasteiger partial charge on any atom is -0.351 e. The number of carbonyl (C=O) groups excluding carboxylic acids is 1. The van der Waals surface area contributed by atoms with Gasteiger partial charge in [-0.15, -0.1) is 0 Å². The highest BCUT2D eigenvalue weighted by molar-refractivity contribution is 6.31. The summed E-state index contributed by atoms with van der Waals surface area (Å²) >= 11 is 5.92. The molecule has 1 saturated heterocycles. The van der Waals surface area contributed by atoms with Crippen LogP contribution in [0.3, 0.4) is 0 Å². The zero-order valence-corrected chi connectivity index (χ0v) is 11.5. The number of aryl methyl sites for hydroxylation is 1. The van der Waals surface area contributed by atoms with Crippen LogP contribution in [0, 0.1) is 0 Å². The van der Waals surface area contributed by atoms with E-state index in [2.05, 4.69) is 10.6 Å². The molecule has 0 bridgehead atoms. The summed E-state index contributed by atoms with van der Waals surface area (Å²) in [7, 11) is 0. The minimum absolute atomic E-state index is 0.0400. The normalized spacial score (nSPS) is 19.1. The first kappa shape index (κ1) is 13.4. The van der Waals surface area contributed by atoms with Gasteiger partial charge < -0.3 is 15.2 Å². The topological polar surface area (TPSA) is 46.1 Å². The number of aromatic nitrogens is 1. The quantitative estimate of drug-likeness (QED) is 0.859. The van der Waals surface area contributed by atoms with Crippen molar-refractivity contribution in [1.29, 1.82) is 0 Å². The average molecular weight is 270 g/mol. The third kappa shape index (κ3) is 3.27. The van der Waals surface area contributed by atoms with Crippen LogP contribution in [-0.2, 0) is 6.54 Å². The lowest BCUT2D eigenvalue weighted by Crippen LogP contribution is -2.31. The van der Waals surface area contributed by atoms with Crippen molar-refractivity contribution < 1.29 is 4.79 Å². The Labute approximate surface area is 113 Å². The smallest absolute Gasteiger partial charge is 0.267 e. The molecular weight excluding hydrogens is 250 g/mol. The summed E-state index contributed by atoms with van der Waals surface area (Å²) in [5.74, 6) is -0.0400. The maximum absolute atomic E-state index is 12.0. The van der Waals surface area contributed by atoms with Gasteiger partial charge in [0, 0.05) is 25.3 Å². The van der Waals surface area contributed by atoms with E-state index in [1.165, 1.54) is 12.8 Å². The highest BCUT2D eigenvalue weighted by Crippen LogP contribution is 2.14. The van der Waals surface area contributed by atoms with E-state index in [1.54, 1.807) is 12.3 Å². The first-order valence-corrected chi connectivity index (χ1v) is 6.95. The second-order valence-electron chi connectivity index (χ2n) is 4.67. The van der Waals surface area contributed by atoms with Crippen LogP contribution < -0.4 is 10.6 Å². The Morgan fingerprint density at radius 2 is 2.50 bits per heavy atom. The number of halogens is 1. The Bertz CT molecular complexity index is 410. The van der Waals surface area contributed by atoms with Crippen LogP contribution >= 0.6 is 11.6 Å². The van der Waals surface area contributed by atoms with E-state index < -0.39 is 0 Å². The summed E-state index contributed by atoms with van der Waals surface area (Å²) in [6, 6.07) is 2.28. The van der Waals surface area contributed by atoms with Crippen molar-refractivity contribution >= 4 is 17.5 Å². The van der Waals surface area contributed by atoms with Crippen molar-refractivity contribution in [1.82, 2.24) is 15.2 Å². The molecule has 0 saturated carbocycles. The third-order valence-corrected chi connectivity index (χ3v) is 3.58. The Balaban J connectivity index is 1.83. The van der Waals surface area contributed by atoms with Gasteiger partial charge in [-0.1, -0.05) is 11.6 Å². The summed E-state index contributed by atoms with van der Waals surface area (Å²) in [5, 5.41) is 6.99. The number of hydrogen-bond donors (Lipinski definition) is 2. The van der Waals surface area contributed by atoms with Crippen LogP contribution in [0.25, 0.3) is 0 Å². The molecule has 1 atom stereocenters. The standard InChI is InChI=1S/C13H20ClN3O/c1-2-17-9-10(14)8-12(17)13(18)16-7-5-11-4-3-6-15-11/h8-9,11,15H,2-7H2,1H3,(H,16,18). The van der Waals surface area contributed by atoms with E-state index in [0.717, 1.165) is 19.5 Å². The monoisotopic (exact) mass is 269 g/mol. The molecular formula is C13H20ClN3O. The molecule has 1 fully saturated rings. The molecule has 4 nitrogen and oxygen atoms in total. The third-order valence-electron chi connectivity index (χ3n) is 3.38. The highest BCUT2D eigenvalue weighted by atomic mass is 35.5. The first-order chi connectivity index (χ1) is 8.70. The fourth-order valence-corrected chi connectivity index (χ4v) is 2.60. The predicted octanol–water partition coefficient (Wildman–Crippen LogP) is 2.03. The molecule has 18 heavy (non-hydrogen) atoms. The SMILES string of the molecule is CCn1cc(Cl)cc1C(=O)NCCC1CCCN1. The Kier molecular flexibility index (Phi) is 4.66. The molecule has 2 heterocycles. The number of amides is 1. The molecule has 1 unspecified atom stereocenters. The van der Waals surface area contributed by atoms with Crippen molar-refractivity contribution in [2.24, 2.45) is 0 Å². The van der Waals surface area contributed by atoms with Gasteiger partial charge >= 0.3 is 0 Å². The molecule has 5 heteroatoms. The lowest BCUT2D eigenvalue weighted by molar-refractivity contribution is 0.0943. The van der Waals surface area contributed by atoms with E-state index in [4.69, 9.17) is 11.6 Å². The van der Waals surface area contributed by atoms with Gasteiger partial charge in [0.15, 0.2) is 0 Å². The Morgan fingerprint density at radius 3 is 3.17 bits per heavy atom. The number of nitrogens with zero attached hydrogens (tertiary/aromatic N) is 1. The molecule has 1 aliphatic rings. The second kappa shape index (κ2) is 6.25. The van der Waals surface area contributed by atoms with Gasteiger partial charge in [0.1, 0.15) is 5.69 Å². The van der Waals surface area contributed by atoms with Crippen LogP contribution in [0.2, 0.25) is 5.02 Å². The molecule has 2 N–H and O–H groups in total. The second-order valence-corrected chi connectivity index (χ2v) is 5.10. The van der Waals surface area contributed by atoms with Gasteiger partial charge in [0.2, 0.25) is 0 Å². The zero-order chi connectivity index (χ0) is 13.0. The Hall–Kier alpha value is -1.00. The molecule has 2 rings (SSSR count). The van der Waals surface area contributed by atoms with Crippen LogP contribution in [0.4, 0.5) is 0 Å². The van der Waals surface area contributed by atoms with Crippen LogP contribution in [0.1, 0.15) is 36.7 Å². The van der Waals surface area contributed by atoms with E-state index in [1.807, 2.05) is 11.5 Å². The lowest BCUT2D eigenvalue weighted by Gasteiger charge is -2.11. The summed E-state index contributed by atoms with van der Waals surface area (Å²) in [6.45, 7) is 4.56. The van der Waals surface area contributed by atoms with Gasteiger partial charge in [-0.3, -0.25) is 4.79 Å². The van der Waals surface area contributed by atoms with Crippen LogP contribution in [0.5, 0.6) is 0 Å². The lowest BCUT2D eigenvalue weighted by atomic mass is 10.1. The average Bonchev–Trinajstić information content (AvgIpc) is 2.98. The van der Waals surface area contributed by atoms with E-state index in [0.29, 0.717) is 23.3 Å². The van der Waals surface area contributed by atoms with Gasteiger partial charge in [0.25, 0.3) is 5.91 Å². The number of hydrogen-bond acceptors (Lipinski definition) is 2. The van der Waals surface area contributed by atoms with Crippen LogP contribution in [0.15, 0.2) is 12.3 Å². The van der Waals surface area contributed by atoms with Crippen molar-refractivity contribution in [2.75, 3.05) is 13.1 Å². The van der Waals surface area contributed by atoms with Crippen LogP contribution in [-0.4, -0.2) is 29.6 Å². The highest BCUT2D eigenvalue weighted by Gasteiger charge is 2.15. The maximum atomic E-state index is 12.0. The molecule has 100 valence electrons. The number of nitrogens with one attached hydrogen (secondary N) is 2. The van der Waals surface area contributed by atoms with Gasteiger partial charge in [0.05, 0.1) is 5.02 Å². The molecule has 0 aromatic carbocycles. The summed E-state index contributed by atoms with van der Waals surface area (Å²) in [6.07, 6.45) is 5.24.